The zero-order valence-corrected chi connectivity index (χ0v) is 12.8. The molecule has 6 heteroatoms. The van der Waals surface area contributed by atoms with Crippen LogP contribution in [0.15, 0.2) is 18.3 Å². The molecule has 1 aromatic heterocycles. The third kappa shape index (κ3) is 3.71. The first-order chi connectivity index (χ1) is 9.80. The van der Waals surface area contributed by atoms with E-state index in [9.17, 15) is 9.59 Å². The van der Waals surface area contributed by atoms with Crippen molar-refractivity contribution in [3.8, 4) is 0 Å². The molecule has 0 bridgehead atoms. The van der Waals surface area contributed by atoms with Crippen LogP contribution in [-0.4, -0.2) is 47.6 Å². The average Bonchev–Trinajstić information content (AvgIpc) is 2.34. The Balaban J connectivity index is 1.90. The number of carbonyl (C=O) groups excluding carboxylic acids is 2. The lowest BCUT2D eigenvalue weighted by Crippen LogP contribution is -2.50. The van der Waals surface area contributed by atoms with Gasteiger partial charge in [-0.1, -0.05) is 6.07 Å². The van der Waals surface area contributed by atoms with Crippen LogP contribution in [0.5, 0.6) is 0 Å². The summed E-state index contributed by atoms with van der Waals surface area (Å²) in [6.45, 7) is 6.79. The van der Waals surface area contributed by atoms with E-state index >= 15 is 0 Å². The molecule has 6 nitrogen and oxygen atoms in total. The second-order valence-corrected chi connectivity index (χ2v) is 6.14. The number of hydrogen-bond donors (Lipinski definition) is 1. The van der Waals surface area contributed by atoms with Gasteiger partial charge in [-0.25, -0.2) is 4.79 Å². The first-order valence-corrected chi connectivity index (χ1v) is 6.96. The van der Waals surface area contributed by atoms with Crippen molar-refractivity contribution < 1.29 is 14.3 Å². The van der Waals surface area contributed by atoms with Crippen molar-refractivity contribution >= 4 is 12.0 Å². The van der Waals surface area contributed by atoms with Gasteiger partial charge in [0, 0.05) is 32.3 Å². The molecule has 114 valence electrons. The molecule has 1 aliphatic heterocycles. The van der Waals surface area contributed by atoms with E-state index in [1.165, 1.54) is 0 Å². The maximum Gasteiger partial charge on any atom is 0.410 e. The Hall–Kier alpha value is -2.11. The van der Waals surface area contributed by atoms with Crippen LogP contribution in [0, 0.1) is 0 Å². The molecule has 21 heavy (non-hydrogen) atoms. The lowest BCUT2D eigenvalue weighted by atomic mass is 9.93. The molecule has 1 fully saturated rings. The predicted octanol–water partition coefficient (Wildman–Crippen LogP) is 1.78. The fourth-order valence-corrected chi connectivity index (χ4v) is 2.07. The summed E-state index contributed by atoms with van der Waals surface area (Å²) in [6, 6.07) is 3.58. The maximum absolute atomic E-state index is 11.8. The number of amides is 2. The number of likely N-dealkylation sites (tertiary alicyclic amines) is 1. The minimum atomic E-state index is -0.473. The van der Waals surface area contributed by atoms with Crippen LogP contribution in [0.2, 0.25) is 0 Å². The number of rotatable bonds is 2. The Labute approximate surface area is 124 Å². The summed E-state index contributed by atoms with van der Waals surface area (Å²) in [6.07, 6.45) is 1.41. The lowest BCUT2D eigenvalue weighted by molar-refractivity contribution is 0.00816. The van der Waals surface area contributed by atoms with Crippen molar-refractivity contribution in [2.75, 3.05) is 20.1 Å². The number of nitrogens with one attached hydrogen (secondary N) is 1. The van der Waals surface area contributed by atoms with E-state index in [0.29, 0.717) is 18.8 Å². The van der Waals surface area contributed by atoms with Gasteiger partial charge in [-0.2, -0.15) is 0 Å². The summed E-state index contributed by atoms with van der Waals surface area (Å²) < 4.78 is 5.31. The highest BCUT2D eigenvalue weighted by molar-refractivity contribution is 5.91. The number of aromatic nitrogens is 1. The first kappa shape index (κ1) is 15.3. The fraction of sp³-hybridized carbons (Fsp3) is 0.533. The molecule has 1 aromatic rings. The zero-order chi connectivity index (χ0) is 15.6. The fourth-order valence-electron chi connectivity index (χ4n) is 2.07. The van der Waals surface area contributed by atoms with Crippen LogP contribution >= 0.6 is 0 Å². The average molecular weight is 291 g/mol. The standard InChI is InChI=1S/C15H21N3O3/c1-15(2,3)21-14(20)18-8-11(9-18)10-5-6-12(17-7-10)13(19)16-4/h5-7,11H,8-9H2,1-4H3,(H,16,19). The monoisotopic (exact) mass is 291 g/mol. The molecule has 1 N–H and O–H groups in total. The highest BCUT2D eigenvalue weighted by Gasteiger charge is 2.34. The van der Waals surface area contributed by atoms with Crippen LogP contribution in [0.1, 0.15) is 42.7 Å². The molecule has 0 aromatic carbocycles. The third-order valence-corrected chi connectivity index (χ3v) is 3.25. The van der Waals surface area contributed by atoms with Crippen LogP contribution in [0.25, 0.3) is 0 Å². The lowest BCUT2D eigenvalue weighted by Gasteiger charge is -2.39. The molecule has 0 atom stereocenters. The summed E-state index contributed by atoms with van der Waals surface area (Å²) in [5.41, 5.74) is 0.950. The number of carbonyl (C=O) groups is 2. The molecule has 0 aliphatic carbocycles. The summed E-state index contributed by atoms with van der Waals surface area (Å²) >= 11 is 0. The van der Waals surface area contributed by atoms with Gasteiger partial charge in [-0.15, -0.1) is 0 Å². The molecular formula is C15H21N3O3. The van der Waals surface area contributed by atoms with Crippen molar-refractivity contribution in [3.05, 3.63) is 29.6 Å². The summed E-state index contributed by atoms with van der Waals surface area (Å²) in [5.74, 6) is 0.0503. The molecule has 2 rings (SSSR count). The molecule has 0 radical (unpaired) electrons. The molecule has 0 saturated carbocycles. The molecule has 2 amide bonds. The van der Waals surface area contributed by atoms with Gasteiger partial charge in [-0.05, 0) is 32.4 Å². The molecule has 2 heterocycles. The summed E-state index contributed by atoms with van der Waals surface area (Å²) in [4.78, 5) is 29.0. The normalized spacial score (nSPS) is 15.3. The van der Waals surface area contributed by atoms with Gasteiger partial charge in [0.05, 0.1) is 0 Å². The van der Waals surface area contributed by atoms with E-state index in [1.807, 2.05) is 26.8 Å². The number of ether oxygens (including phenoxy) is 1. The number of hydrogen-bond acceptors (Lipinski definition) is 4. The van der Waals surface area contributed by atoms with Crippen molar-refractivity contribution in [2.45, 2.75) is 32.3 Å². The molecule has 1 aliphatic rings. The Morgan fingerprint density at radius 1 is 1.33 bits per heavy atom. The van der Waals surface area contributed by atoms with E-state index in [-0.39, 0.29) is 17.9 Å². The van der Waals surface area contributed by atoms with E-state index in [1.54, 1.807) is 24.2 Å². The summed E-state index contributed by atoms with van der Waals surface area (Å²) in [7, 11) is 1.57. The van der Waals surface area contributed by atoms with Crippen molar-refractivity contribution in [2.24, 2.45) is 0 Å². The zero-order valence-electron chi connectivity index (χ0n) is 12.8. The van der Waals surface area contributed by atoms with Crippen LogP contribution in [0.3, 0.4) is 0 Å². The Kier molecular flexibility index (Phi) is 4.16. The second-order valence-electron chi connectivity index (χ2n) is 6.14. The maximum atomic E-state index is 11.8. The third-order valence-electron chi connectivity index (χ3n) is 3.25. The molecule has 1 saturated heterocycles. The van der Waals surface area contributed by atoms with Crippen LogP contribution in [0.4, 0.5) is 4.79 Å². The van der Waals surface area contributed by atoms with Crippen LogP contribution < -0.4 is 5.32 Å². The van der Waals surface area contributed by atoms with Gasteiger partial charge >= 0.3 is 6.09 Å². The van der Waals surface area contributed by atoms with E-state index in [4.69, 9.17) is 4.74 Å². The van der Waals surface area contributed by atoms with Crippen molar-refractivity contribution in [3.63, 3.8) is 0 Å². The predicted molar refractivity (Wildman–Crippen MR) is 78.2 cm³/mol. The minimum Gasteiger partial charge on any atom is -0.444 e. The topological polar surface area (TPSA) is 71.5 Å². The van der Waals surface area contributed by atoms with Gasteiger partial charge in [0.15, 0.2) is 0 Å². The Morgan fingerprint density at radius 2 is 2.00 bits per heavy atom. The molecular weight excluding hydrogens is 270 g/mol. The van der Waals surface area contributed by atoms with Crippen molar-refractivity contribution in [1.82, 2.24) is 15.2 Å². The van der Waals surface area contributed by atoms with Gasteiger partial charge in [-0.3, -0.25) is 9.78 Å². The van der Waals surface area contributed by atoms with Gasteiger partial charge in [0.1, 0.15) is 11.3 Å². The van der Waals surface area contributed by atoms with E-state index < -0.39 is 5.60 Å². The minimum absolute atomic E-state index is 0.203. The van der Waals surface area contributed by atoms with E-state index in [0.717, 1.165) is 5.56 Å². The van der Waals surface area contributed by atoms with Gasteiger partial charge < -0.3 is 15.0 Å². The van der Waals surface area contributed by atoms with Gasteiger partial charge in [0.25, 0.3) is 5.91 Å². The highest BCUT2D eigenvalue weighted by Crippen LogP contribution is 2.28. The molecule has 0 unspecified atom stereocenters. The first-order valence-electron chi connectivity index (χ1n) is 6.96. The smallest absolute Gasteiger partial charge is 0.410 e. The van der Waals surface area contributed by atoms with Gasteiger partial charge in [0.2, 0.25) is 0 Å². The number of pyridine rings is 1. The van der Waals surface area contributed by atoms with Crippen molar-refractivity contribution in [1.29, 1.82) is 0 Å². The highest BCUT2D eigenvalue weighted by atomic mass is 16.6. The Bertz CT molecular complexity index is 528. The summed E-state index contributed by atoms with van der Waals surface area (Å²) in [5, 5.41) is 2.53. The SMILES string of the molecule is CNC(=O)c1ccc(C2CN(C(=O)OC(C)(C)C)C2)cn1. The van der Waals surface area contributed by atoms with Crippen LogP contribution in [-0.2, 0) is 4.74 Å². The Morgan fingerprint density at radius 3 is 2.48 bits per heavy atom. The van der Waals surface area contributed by atoms with E-state index in [2.05, 4.69) is 10.3 Å². The second kappa shape index (κ2) is 5.71. The quantitative estimate of drug-likeness (QED) is 0.901. The largest absolute Gasteiger partial charge is 0.444 e. The molecule has 0 spiro atoms. The number of nitrogens with zero attached hydrogens (tertiary/aromatic N) is 2.